The molecule has 24 heavy (non-hydrogen) atoms. The highest BCUT2D eigenvalue weighted by Crippen LogP contribution is 2.16. The molecule has 3 rings (SSSR count). The Morgan fingerprint density at radius 3 is 3.00 bits per heavy atom. The Balaban J connectivity index is 1.54. The summed E-state index contributed by atoms with van der Waals surface area (Å²) in [6.45, 7) is 1.42. The first-order chi connectivity index (χ1) is 11.6. The predicted molar refractivity (Wildman–Crippen MR) is 84.5 cm³/mol. The molecule has 1 aliphatic heterocycles. The van der Waals surface area contributed by atoms with Crippen LogP contribution in [0.5, 0.6) is 0 Å². The largest absolute Gasteiger partial charge is 0.376 e. The van der Waals surface area contributed by atoms with Crippen molar-refractivity contribution >= 4 is 11.6 Å². The zero-order chi connectivity index (χ0) is 16.9. The number of amides is 1. The highest BCUT2D eigenvalue weighted by molar-refractivity contribution is 5.92. The van der Waals surface area contributed by atoms with Gasteiger partial charge in [-0.3, -0.25) is 9.48 Å². The molecule has 0 unspecified atom stereocenters. The lowest BCUT2D eigenvalue weighted by atomic mass is 10.1. The third-order valence-electron chi connectivity index (χ3n) is 3.95. The molecule has 0 spiro atoms. The van der Waals surface area contributed by atoms with Crippen LogP contribution in [-0.2, 0) is 22.5 Å². The number of hydrogen-bond acceptors (Lipinski definition) is 3. The van der Waals surface area contributed by atoms with Gasteiger partial charge in [0.25, 0.3) is 0 Å². The second-order valence-electron chi connectivity index (χ2n) is 5.90. The molecule has 0 saturated carbocycles. The van der Waals surface area contributed by atoms with Crippen LogP contribution in [0.4, 0.5) is 14.5 Å². The first-order valence-electron chi connectivity index (χ1n) is 7.98. The van der Waals surface area contributed by atoms with E-state index < -0.39 is 11.6 Å². The second kappa shape index (κ2) is 7.53. The van der Waals surface area contributed by atoms with Gasteiger partial charge < -0.3 is 10.1 Å². The molecule has 1 saturated heterocycles. The fraction of sp³-hybridized carbons (Fsp3) is 0.412. The van der Waals surface area contributed by atoms with Crippen LogP contribution in [0.3, 0.4) is 0 Å². The van der Waals surface area contributed by atoms with E-state index >= 15 is 0 Å². The van der Waals surface area contributed by atoms with Crippen LogP contribution in [0.25, 0.3) is 0 Å². The van der Waals surface area contributed by atoms with Crippen LogP contribution in [0, 0.1) is 11.6 Å². The van der Waals surface area contributed by atoms with Crippen LogP contribution < -0.4 is 5.32 Å². The number of carbonyl (C=O) groups is 1. The molecule has 1 N–H and O–H groups in total. The van der Waals surface area contributed by atoms with E-state index in [1.165, 1.54) is 6.07 Å². The van der Waals surface area contributed by atoms with Gasteiger partial charge in [-0.25, -0.2) is 8.78 Å². The molecular formula is C17H19F2N3O2. The maximum absolute atomic E-state index is 13.6. The van der Waals surface area contributed by atoms with Crippen LogP contribution in [0.2, 0.25) is 0 Å². The summed E-state index contributed by atoms with van der Waals surface area (Å²) in [5.41, 5.74) is 0.690. The van der Waals surface area contributed by atoms with E-state index in [9.17, 15) is 13.6 Å². The number of hydrogen-bond donors (Lipinski definition) is 1. The fourth-order valence-corrected chi connectivity index (χ4v) is 2.73. The predicted octanol–water partition coefficient (Wildman–Crippen LogP) is 2.91. The summed E-state index contributed by atoms with van der Waals surface area (Å²) < 4.78 is 33.8. The Bertz CT molecular complexity index is 712. The summed E-state index contributed by atoms with van der Waals surface area (Å²) >= 11 is 0. The van der Waals surface area contributed by atoms with E-state index in [1.807, 2.05) is 0 Å². The van der Waals surface area contributed by atoms with Gasteiger partial charge in [-0.15, -0.1) is 0 Å². The Hall–Kier alpha value is -2.28. The average Bonchev–Trinajstić information content (AvgIpc) is 2.98. The molecule has 0 bridgehead atoms. The van der Waals surface area contributed by atoms with Gasteiger partial charge in [-0.2, -0.15) is 5.10 Å². The first kappa shape index (κ1) is 16.6. The summed E-state index contributed by atoms with van der Waals surface area (Å²) in [5.74, 6) is -1.77. The number of anilines is 1. The Kier molecular flexibility index (Phi) is 5.20. The van der Waals surface area contributed by atoms with E-state index in [4.69, 9.17) is 4.74 Å². The van der Waals surface area contributed by atoms with E-state index in [1.54, 1.807) is 17.1 Å². The average molecular weight is 335 g/mol. The van der Waals surface area contributed by atoms with Gasteiger partial charge in [0.15, 0.2) is 0 Å². The topological polar surface area (TPSA) is 56.2 Å². The number of aromatic nitrogens is 2. The van der Waals surface area contributed by atoms with E-state index in [0.717, 1.165) is 38.0 Å². The normalized spacial score (nSPS) is 17.7. The van der Waals surface area contributed by atoms with Crippen LogP contribution in [-0.4, -0.2) is 28.4 Å². The van der Waals surface area contributed by atoms with Crippen LogP contribution in [0.15, 0.2) is 30.6 Å². The van der Waals surface area contributed by atoms with Gasteiger partial charge in [0, 0.05) is 18.9 Å². The molecule has 1 aliphatic rings. The lowest BCUT2D eigenvalue weighted by Crippen LogP contribution is -2.24. The third-order valence-corrected chi connectivity index (χ3v) is 3.95. The lowest BCUT2D eigenvalue weighted by molar-refractivity contribution is -0.115. The minimum Gasteiger partial charge on any atom is -0.376 e. The summed E-state index contributed by atoms with van der Waals surface area (Å²) in [6, 6.07) is 3.17. The van der Waals surface area contributed by atoms with Gasteiger partial charge >= 0.3 is 0 Å². The molecule has 0 aliphatic carbocycles. The molecule has 1 amide bonds. The number of nitrogens with zero attached hydrogens (tertiary/aromatic N) is 2. The van der Waals surface area contributed by atoms with Crippen molar-refractivity contribution in [3.8, 4) is 0 Å². The quantitative estimate of drug-likeness (QED) is 0.914. The Morgan fingerprint density at radius 1 is 1.38 bits per heavy atom. The van der Waals surface area contributed by atoms with Gasteiger partial charge in [0.1, 0.15) is 11.6 Å². The van der Waals surface area contributed by atoms with Gasteiger partial charge in [-0.05, 0) is 30.9 Å². The maximum Gasteiger partial charge on any atom is 0.228 e. The zero-order valence-corrected chi connectivity index (χ0v) is 13.2. The minimum atomic E-state index is -0.727. The Labute approximate surface area is 138 Å². The molecule has 2 heterocycles. The number of ether oxygens (including phenoxy) is 1. The molecule has 128 valence electrons. The van der Waals surface area contributed by atoms with E-state index in [-0.39, 0.29) is 24.0 Å². The minimum absolute atomic E-state index is 0.149. The zero-order valence-electron chi connectivity index (χ0n) is 13.2. The van der Waals surface area contributed by atoms with Crippen molar-refractivity contribution in [3.05, 3.63) is 47.8 Å². The molecule has 2 aromatic rings. The number of halogens is 2. The number of nitrogens with one attached hydrogen (secondary N) is 1. The fourth-order valence-electron chi connectivity index (χ4n) is 2.73. The summed E-state index contributed by atoms with van der Waals surface area (Å²) in [5, 5.41) is 6.86. The maximum atomic E-state index is 13.6. The SMILES string of the molecule is O=C(Cc1ccc(F)cc1F)Nc1cnn(C[C@@H]2CCCCO2)c1. The summed E-state index contributed by atoms with van der Waals surface area (Å²) in [6.07, 6.45) is 6.50. The van der Waals surface area contributed by atoms with Gasteiger partial charge in [0.2, 0.25) is 5.91 Å². The second-order valence-corrected chi connectivity index (χ2v) is 5.90. The van der Waals surface area contributed by atoms with E-state index in [2.05, 4.69) is 10.4 Å². The van der Waals surface area contributed by atoms with Crippen molar-refractivity contribution in [2.24, 2.45) is 0 Å². The summed E-state index contributed by atoms with van der Waals surface area (Å²) in [7, 11) is 0. The smallest absolute Gasteiger partial charge is 0.228 e. The van der Waals surface area contributed by atoms with Crippen molar-refractivity contribution in [2.45, 2.75) is 38.3 Å². The van der Waals surface area contributed by atoms with Gasteiger partial charge in [-0.1, -0.05) is 6.07 Å². The molecule has 1 fully saturated rings. The number of carbonyl (C=O) groups excluding carboxylic acids is 1. The van der Waals surface area contributed by atoms with Crippen LogP contribution >= 0.6 is 0 Å². The first-order valence-corrected chi connectivity index (χ1v) is 7.98. The molecule has 0 radical (unpaired) electrons. The number of benzene rings is 1. The van der Waals surface area contributed by atoms with Crippen molar-refractivity contribution in [3.63, 3.8) is 0 Å². The van der Waals surface area contributed by atoms with Gasteiger partial charge in [0.05, 0.1) is 31.0 Å². The monoisotopic (exact) mass is 335 g/mol. The number of rotatable bonds is 5. The third kappa shape index (κ3) is 4.38. The standard InChI is InChI=1S/C17H19F2N3O2/c18-13-5-4-12(16(19)8-13)7-17(23)21-14-9-20-22(10-14)11-15-3-1-2-6-24-15/h4-5,8-10,15H,1-3,6-7,11H2,(H,21,23)/t15-/m0/s1. The van der Waals surface area contributed by atoms with Crippen molar-refractivity contribution in [2.75, 3.05) is 11.9 Å². The Morgan fingerprint density at radius 2 is 2.25 bits per heavy atom. The lowest BCUT2D eigenvalue weighted by Gasteiger charge is -2.22. The summed E-state index contributed by atoms with van der Waals surface area (Å²) in [4.78, 5) is 12.0. The van der Waals surface area contributed by atoms with E-state index in [0.29, 0.717) is 12.2 Å². The molecular weight excluding hydrogens is 316 g/mol. The van der Waals surface area contributed by atoms with Crippen molar-refractivity contribution < 1.29 is 18.3 Å². The molecule has 1 atom stereocenters. The molecule has 1 aromatic carbocycles. The highest BCUT2D eigenvalue weighted by Gasteiger charge is 2.15. The molecule has 1 aromatic heterocycles. The molecule has 7 heteroatoms. The van der Waals surface area contributed by atoms with Crippen molar-refractivity contribution in [1.82, 2.24) is 9.78 Å². The van der Waals surface area contributed by atoms with Crippen LogP contribution in [0.1, 0.15) is 24.8 Å². The highest BCUT2D eigenvalue weighted by atomic mass is 19.1. The van der Waals surface area contributed by atoms with Crippen molar-refractivity contribution in [1.29, 1.82) is 0 Å². The molecule has 5 nitrogen and oxygen atoms in total.